The molecule has 0 aromatic rings. The molecule has 0 saturated heterocycles. The number of nitrogens with zero attached hydrogens (tertiary/aromatic N) is 1. The van der Waals surface area contributed by atoms with Gasteiger partial charge in [-0.2, -0.15) is 0 Å². The van der Waals surface area contributed by atoms with Crippen molar-refractivity contribution in [2.75, 3.05) is 0 Å². The molecule has 52 valence electrons. The molecule has 0 bridgehead atoms. The zero-order valence-corrected chi connectivity index (χ0v) is 6.14. The molecule has 0 atom stereocenters. The summed E-state index contributed by atoms with van der Waals surface area (Å²) in [5.41, 5.74) is 0. The van der Waals surface area contributed by atoms with E-state index in [9.17, 15) is 0 Å². The number of nitriles is 1. The van der Waals surface area contributed by atoms with Crippen LogP contribution in [0, 0.1) is 11.8 Å². The van der Waals surface area contributed by atoms with Crippen LogP contribution in [0.15, 0.2) is 12.7 Å². The predicted octanol–water partition coefficient (Wildman–Crippen LogP) is 2.89. The van der Waals surface area contributed by atoms with E-state index in [0.717, 1.165) is 0 Å². The second-order valence-electron chi connectivity index (χ2n) is 1.78. The quantitative estimate of drug-likeness (QED) is 0.418. The molecular weight excluding hydrogens is 110 g/mol. The van der Waals surface area contributed by atoms with E-state index in [1.165, 1.54) is 25.7 Å². The molecular formula is C8H15N. The molecule has 0 aliphatic rings. The standard InChI is InChI=1S/C7H14.CHN/c1-3-5-7-6-4-2;1-2/h3H,1,4-7H2,2H3;1H. The van der Waals surface area contributed by atoms with Crippen LogP contribution in [0.25, 0.3) is 0 Å². The van der Waals surface area contributed by atoms with Crippen molar-refractivity contribution < 1.29 is 0 Å². The maximum atomic E-state index is 6.50. The number of unbranched alkanes of at least 4 members (excludes halogenated alkanes) is 3. The minimum absolute atomic E-state index is 1.19. The highest BCUT2D eigenvalue weighted by molar-refractivity contribution is 4.64. The Balaban J connectivity index is 0. The van der Waals surface area contributed by atoms with Crippen molar-refractivity contribution >= 4 is 0 Å². The molecule has 1 heteroatoms. The van der Waals surface area contributed by atoms with Crippen LogP contribution in [0.5, 0.6) is 0 Å². The average molecular weight is 125 g/mol. The van der Waals surface area contributed by atoms with Gasteiger partial charge in [-0.15, -0.1) is 6.58 Å². The SMILES string of the molecule is C#N.C=CCCCCC. The first kappa shape index (κ1) is 11.1. The molecule has 0 rings (SSSR count). The van der Waals surface area contributed by atoms with Gasteiger partial charge in [0.25, 0.3) is 0 Å². The third kappa shape index (κ3) is 19.0. The summed E-state index contributed by atoms with van der Waals surface area (Å²) in [5, 5.41) is 6.50. The number of hydrogen-bond acceptors (Lipinski definition) is 1. The van der Waals surface area contributed by atoms with E-state index >= 15 is 0 Å². The Labute approximate surface area is 58.0 Å². The van der Waals surface area contributed by atoms with Crippen molar-refractivity contribution in [1.29, 1.82) is 5.26 Å². The van der Waals surface area contributed by atoms with Gasteiger partial charge >= 0.3 is 0 Å². The zero-order chi connectivity index (χ0) is 7.54. The fourth-order valence-electron chi connectivity index (χ4n) is 0.539. The van der Waals surface area contributed by atoms with Crippen LogP contribution in [0.4, 0.5) is 0 Å². The highest BCUT2D eigenvalue weighted by atomic mass is 14.2. The maximum absolute atomic E-state index is 6.50. The van der Waals surface area contributed by atoms with Gasteiger partial charge in [-0.25, -0.2) is 5.26 Å². The Morgan fingerprint density at radius 1 is 1.44 bits per heavy atom. The lowest BCUT2D eigenvalue weighted by molar-refractivity contribution is 0.730. The highest BCUT2D eigenvalue weighted by Gasteiger charge is 1.77. The summed E-state index contributed by atoms with van der Waals surface area (Å²) < 4.78 is 0. The van der Waals surface area contributed by atoms with Crippen LogP contribution in [0.2, 0.25) is 0 Å². The number of hydrogen-bond donors (Lipinski definition) is 0. The fraction of sp³-hybridized carbons (Fsp3) is 0.625. The van der Waals surface area contributed by atoms with Crippen molar-refractivity contribution in [3.63, 3.8) is 0 Å². The molecule has 0 radical (unpaired) electrons. The van der Waals surface area contributed by atoms with E-state index in [1.54, 1.807) is 0 Å². The normalized spacial score (nSPS) is 7.00. The van der Waals surface area contributed by atoms with Crippen LogP contribution >= 0.6 is 0 Å². The zero-order valence-electron chi connectivity index (χ0n) is 6.14. The minimum Gasteiger partial charge on any atom is -0.202 e. The lowest BCUT2D eigenvalue weighted by Gasteiger charge is -1.87. The van der Waals surface area contributed by atoms with E-state index in [1.807, 2.05) is 6.08 Å². The van der Waals surface area contributed by atoms with Gasteiger partial charge in [0.1, 0.15) is 0 Å². The summed E-state index contributed by atoms with van der Waals surface area (Å²) in [7, 11) is 0. The first-order chi connectivity index (χ1) is 4.41. The van der Waals surface area contributed by atoms with Crippen molar-refractivity contribution in [2.45, 2.75) is 32.6 Å². The summed E-state index contributed by atoms with van der Waals surface area (Å²) in [6.07, 6.45) is 7.16. The Kier molecular flexibility index (Phi) is 19.3. The lowest BCUT2D eigenvalue weighted by Crippen LogP contribution is -1.67. The minimum atomic E-state index is 1.19. The first-order valence-corrected chi connectivity index (χ1v) is 3.28. The number of rotatable bonds is 4. The van der Waals surface area contributed by atoms with Crippen molar-refractivity contribution in [2.24, 2.45) is 0 Å². The van der Waals surface area contributed by atoms with Gasteiger partial charge in [-0.05, 0) is 12.8 Å². The third-order valence-corrected chi connectivity index (χ3v) is 1.01. The first-order valence-electron chi connectivity index (χ1n) is 3.28. The molecule has 1 nitrogen and oxygen atoms in total. The van der Waals surface area contributed by atoms with Gasteiger partial charge in [0, 0.05) is 6.57 Å². The van der Waals surface area contributed by atoms with E-state index in [4.69, 9.17) is 5.26 Å². The van der Waals surface area contributed by atoms with Crippen molar-refractivity contribution in [1.82, 2.24) is 0 Å². The fourth-order valence-corrected chi connectivity index (χ4v) is 0.539. The predicted molar refractivity (Wildman–Crippen MR) is 41.0 cm³/mol. The molecule has 0 amide bonds. The molecule has 0 spiro atoms. The molecule has 0 saturated carbocycles. The third-order valence-electron chi connectivity index (χ3n) is 1.01. The summed E-state index contributed by atoms with van der Waals surface area (Å²) in [6, 6.07) is 0. The summed E-state index contributed by atoms with van der Waals surface area (Å²) >= 11 is 0. The van der Waals surface area contributed by atoms with Crippen LogP contribution in [0.1, 0.15) is 32.6 Å². The molecule has 0 unspecified atom stereocenters. The Morgan fingerprint density at radius 3 is 2.33 bits per heavy atom. The Hall–Kier alpha value is -0.770. The van der Waals surface area contributed by atoms with E-state index in [-0.39, 0.29) is 0 Å². The van der Waals surface area contributed by atoms with E-state index < -0.39 is 0 Å². The van der Waals surface area contributed by atoms with Crippen molar-refractivity contribution in [3.8, 4) is 6.57 Å². The van der Waals surface area contributed by atoms with Gasteiger partial charge in [0.2, 0.25) is 0 Å². The molecule has 0 aromatic carbocycles. The van der Waals surface area contributed by atoms with E-state index in [2.05, 4.69) is 20.1 Å². The largest absolute Gasteiger partial charge is 0.202 e. The molecule has 0 heterocycles. The van der Waals surface area contributed by atoms with Crippen LogP contribution in [-0.4, -0.2) is 0 Å². The van der Waals surface area contributed by atoms with Gasteiger partial charge in [-0.3, -0.25) is 0 Å². The molecule has 0 aromatic heterocycles. The molecule has 9 heavy (non-hydrogen) atoms. The van der Waals surface area contributed by atoms with Crippen molar-refractivity contribution in [3.05, 3.63) is 12.7 Å². The highest BCUT2D eigenvalue weighted by Crippen LogP contribution is 1.97. The maximum Gasteiger partial charge on any atom is 0.0462 e. The smallest absolute Gasteiger partial charge is 0.0462 e. The average Bonchev–Trinajstić information content (AvgIpc) is 1.94. The Morgan fingerprint density at radius 2 is 2.00 bits per heavy atom. The lowest BCUT2D eigenvalue weighted by atomic mass is 10.2. The molecule has 0 aliphatic carbocycles. The summed E-state index contributed by atoms with van der Waals surface area (Å²) in [5.74, 6) is 0. The summed E-state index contributed by atoms with van der Waals surface area (Å²) in [4.78, 5) is 0. The van der Waals surface area contributed by atoms with Gasteiger partial charge in [0.05, 0.1) is 0 Å². The van der Waals surface area contributed by atoms with Crippen LogP contribution < -0.4 is 0 Å². The second-order valence-corrected chi connectivity index (χ2v) is 1.78. The van der Waals surface area contributed by atoms with E-state index in [0.29, 0.717) is 0 Å². The molecule has 0 aliphatic heterocycles. The van der Waals surface area contributed by atoms with Gasteiger partial charge in [0.15, 0.2) is 0 Å². The molecule has 0 N–H and O–H groups in total. The van der Waals surface area contributed by atoms with Crippen LogP contribution in [-0.2, 0) is 0 Å². The topological polar surface area (TPSA) is 23.8 Å². The van der Waals surface area contributed by atoms with Crippen LogP contribution in [0.3, 0.4) is 0 Å². The monoisotopic (exact) mass is 125 g/mol. The summed E-state index contributed by atoms with van der Waals surface area (Å²) in [6.45, 7) is 9.34. The van der Waals surface area contributed by atoms with Gasteiger partial charge < -0.3 is 0 Å². The Bertz CT molecular complexity index is 64.2. The van der Waals surface area contributed by atoms with Gasteiger partial charge in [-0.1, -0.05) is 25.8 Å². The second kappa shape index (κ2) is 15.7. The molecule has 0 fully saturated rings. The number of allylic oxidation sites excluding steroid dienone is 1.